The van der Waals surface area contributed by atoms with Gasteiger partial charge in [0.1, 0.15) is 10.6 Å². The molecule has 1 N–H and O–H groups in total. The summed E-state index contributed by atoms with van der Waals surface area (Å²) in [6.45, 7) is 5.23. The molecule has 0 fully saturated rings. The first-order chi connectivity index (χ1) is 8.02. The molecular weight excluding hydrogens is 274 g/mol. The van der Waals surface area contributed by atoms with Gasteiger partial charge in [0.25, 0.3) is 0 Å². The molecule has 2 aromatic rings. The van der Waals surface area contributed by atoms with Crippen molar-refractivity contribution in [1.29, 1.82) is 0 Å². The van der Waals surface area contributed by atoms with Crippen LogP contribution >= 0.6 is 34.7 Å². The average molecular weight is 288 g/mol. The summed E-state index contributed by atoms with van der Waals surface area (Å²) in [5.74, 6) is 0.823. The molecular formula is C11H14ClN3S2. The quantitative estimate of drug-likeness (QED) is 0.866. The number of anilines is 1. The lowest BCUT2D eigenvalue weighted by atomic mass is 10.2. The zero-order valence-corrected chi connectivity index (χ0v) is 12.3. The normalized spacial score (nSPS) is 12.0. The van der Waals surface area contributed by atoms with Crippen LogP contribution in [0.1, 0.15) is 13.8 Å². The molecule has 3 nitrogen and oxygen atoms in total. The van der Waals surface area contributed by atoms with Gasteiger partial charge in [-0.3, -0.25) is 0 Å². The van der Waals surface area contributed by atoms with Crippen LogP contribution in [0, 0.1) is 0 Å². The number of hydrogen-bond donors (Lipinski definition) is 1. The number of nitrogens with one attached hydrogen (secondary N) is 1. The minimum absolute atomic E-state index is 0.166. The van der Waals surface area contributed by atoms with Crippen molar-refractivity contribution in [2.45, 2.75) is 18.6 Å². The fourth-order valence-electron chi connectivity index (χ4n) is 1.33. The number of fused-ring (bicyclic) bond motifs is 1. The van der Waals surface area contributed by atoms with E-state index in [1.54, 1.807) is 11.3 Å². The van der Waals surface area contributed by atoms with Gasteiger partial charge in [-0.25, -0.2) is 9.97 Å². The van der Waals surface area contributed by atoms with Gasteiger partial charge in [-0.15, -0.1) is 11.3 Å². The maximum atomic E-state index is 5.90. The van der Waals surface area contributed by atoms with Crippen LogP contribution in [-0.2, 0) is 0 Å². The molecule has 0 bridgehead atoms. The van der Waals surface area contributed by atoms with Crippen molar-refractivity contribution in [2.75, 3.05) is 18.1 Å². The third kappa shape index (κ3) is 3.03. The van der Waals surface area contributed by atoms with Crippen molar-refractivity contribution in [3.63, 3.8) is 0 Å². The summed E-state index contributed by atoms with van der Waals surface area (Å²) in [7, 11) is 0. The molecule has 0 aliphatic carbocycles. The maximum absolute atomic E-state index is 5.90. The zero-order valence-electron chi connectivity index (χ0n) is 9.95. The smallest absolute Gasteiger partial charge is 0.225 e. The van der Waals surface area contributed by atoms with Gasteiger partial charge in [0.15, 0.2) is 0 Å². The van der Waals surface area contributed by atoms with Gasteiger partial charge < -0.3 is 5.32 Å². The standard InChI is InChI=1S/C11H14ClN3S2/c1-11(2,16-3)6-13-8-7-4-5-17-9(7)15-10(12)14-8/h4-5H,6H2,1-3H3,(H,13,14,15). The summed E-state index contributed by atoms with van der Waals surface area (Å²) in [5.41, 5.74) is 0. The van der Waals surface area contributed by atoms with Crippen LogP contribution in [0.2, 0.25) is 5.28 Å². The molecule has 0 radical (unpaired) electrons. The van der Waals surface area contributed by atoms with E-state index >= 15 is 0 Å². The number of hydrogen-bond acceptors (Lipinski definition) is 5. The summed E-state index contributed by atoms with van der Waals surface area (Å²) >= 11 is 9.30. The first-order valence-corrected chi connectivity index (χ1v) is 7.70. The largest absolute Gasteiger partial charge is 0.368 e. The van der Waals surface area contributed by atoms with Crippen molar-refractivity contribution >= 4 is 50.7 Å². The molecule has 0 amide bonds. The van der Waals surface area contributed by atoms with Crippen LogP contribution in [0.4, 0.5) is 5.82 Å². The number of halogens is 1. The second-order valence-electron chi connectivity index (χ2n) is 4.30. The second kappa shape index (κ2) is 5.00. The van der Waals surface area contributed by atoms with Gasteiger partial charge in [0, 0.05) is 11.3 Å². The molecule has 0 unspecified atom stereocenters. The fraction of sp³-hybridized carbons (Fsp3) is 0.455. The summed E-state index contributed by atoms with van der Waals surface area (Å²) < 4.78 is 0.166. The minimum atomic E-state index is 0.166. The number of thioether (sulfide) groups is 1. The lowest BCUT2D eigenvalue weighted by Crippen LogP contribution is -2.26. The van der Waals surface area contributed by atoms with Gasteiger partial charge >= 0.3 is 0 Å². The molecule has 0 atom stereocenters. The van der Waals surface area contributed by atoms with Crippen LogP contribution in [0.25, 0.3) is 10.2 Å². The molecule has 0 saturated heterocycles. The molecule has 2 heterocycles. The summed E-state index contributed by atoms with van der Waals surface area (Å²) in [6.07, 6.45) is 2.11. The highest BCUT2D eigenvalue weighted by Gasteiger charge is 2.17. The van der Waals surface area contributed by atoms with Gasteiger partial charge in [0.2, 0.25) is 5.28 Å². The van der Waals surface area contributed by atoms with Crippen molar-refractivity contribution in [2.24, 2.45) is 0 Å². The van der Waals surface area contributed by atoms with Crippen molar-refractivity contribution in [3.8, 4) is 0 Å². The second-order valence-corrected chi connectivity index (χ2v) is 7.04. The Morgan fingerprint density at radius 2 is 2.24 bits per heavy atom. The molecule has 92 valence electrons. The lowest BCUT2D eigenvalue weighted by molar-refractivity contribution is 0.750. The van der Waals surface area contributed by atoms with E-state index in [1.165, 1.54) is 0 Å². The Hall–Kier alpha value is -0.520. The molecule has 2 aromatic heterocycles. The number of rotatable bonds is 4. The minimum Gasteiger partial charge on any atom is -0.368 e. The Labute approximate surface area is 114 Å². The van der Waals surface area contributed by atoms with E-state index in [1.807, 2.05) is 23.2 Å². The predicted octanol–water partition coefficient (Wildman–Crippen LogP) is 3.90. The zero-order chi connectivity index (χ0) is 12.5. The molecule has 0 aliphatic heterocycles. The lowest BCUT2D eigenvalue weighted by Gasteiger charge is -2.22. The molecule has 0 aromatic carbocycles. The van der Waals surface area contributed by atoms with Crippen LogP contribution in [0.15, 0.2) is 11.4 Å². The molecule has 2 rings (SSSR count). The van der Waals surface area contributed by atoms with Gasteiger partial charge in [0.05, 0.1) is 5.39 Å². The van der Waals surface area contributed by atoms with E-state index in [0.29, 0.717) is 5.28 Å². The van der Waals surface area contributed by atoms with Crippen LogP contribution in [-0.4, -0.2) is 27.5 Å². The molecule has 0 spiro atoms. The van der Waals surface area contributed by atoms with Crippen molar-refractivity contribution in [1.82, 2.24) is 9.97 Å². The predicted molar refractivity (Wildman–Crippen MR) is 78.5 cm³/mol. The summed E-state index contributed by atoms with van der Waals surface area (Å²) in [4.78, 5) is 9.37. The van der Waals surface area contributed by atoms with E-state index in [9.17, 15) is 0 Å². The Kier molecular flexibility index (Phi) is 3.80. The van der Waals surface area contributed by atoms with Crippen molar-refractivity contribution < 1.29 is 0 Å². The SMILES string of the molecule is CSC(C)(C)CNc1nc(Cl)nc2sccc12. The van der Waals surface area contributed by atoms with E-state index in [2.05, 4.69) is 35.4 Å². The highest BCUT2D eigenvalue weighted by atomic mass is 35.5. The van der Waals surface area contributed by atoms with Gasteiger partial charge in [-0.2, -0.15) is 11.8 Å². The fourth-order valence-corrected chi connectivity index (χ4v) is 2.53. The summed E-state index contributed by atoms with van der Waals surface area (Å²) in [5, 5.41) is 6.69. The first-order valence-electron chi connectivity index (χ1n) is 5.21. The third-order valence-corrected chi connectivity index (χ3v) is 4.76. The van der Waals surface area contributed by atoms with Gasteiger partial charge in [-0.1, -0.05) is 0 Å². The molecule has 6 heteroatoms. The van der Waals surface area contributed by atoms with Crippen molar-refractivity contribution in [3.05, 3.63) is 16.7 Å². The first kappa shape index (κ1) is 12.9. The Bertz CT molecular complexity index is 524. The van der Waals surface area contributed by atoms with E-state index in [-0.39, 0.29) is 4.75 Å². The van der Waals surface area contributed by atoms with Crippen LogP contribution in [0.5, 0.6) is 0 Å². The average Bonchev–Trinajstić information content (AvgIpc) is 2.73. The highest BCUT2D eigenvalue weighted by Crippen LogP contribution is 2.28. The maximum Gasteiger partial charge on any atom is 0.225 e. The van der Waals surface area contributed by atoms with E-state index < -0.39 is 0 Å². The van der Waals surface area contributed by atoms with E-state index in [4.69, 9.17) is 11.6 Å². The Morgan fingerprint density at radius 1 is 1.47 bits per heavy atom. The topological polar surface area (TPSA) is 37.8 Å². The number of aromatic nitrogens is 2. The monoisotopic (exact) mass is 287 g/mol. The van der Waals surface area contributed by atoms with Gasteiger partial charge in [-0.05, 0) is 43.2 Å². The highest BCUT2D eigenvalue weighted by molar-refractivity contribution is 7.99. The Morgan fingerprint density at radius 3 is 2.94 bits per heavy atom. The third-order valence-electron chi connectivity index (χ3n) is 2.53. The van der Waals surface area contributed by atoms with Crippen LogP contribution in [0.3, 0.4) is 0 Å². The molecule has 0 saturated carbocycles. The Balaban J connectivity index is 2.26. The molecule has 0 aliphatic rings. The van der Waals surface area contributed by atoms with Crippen LogP contribution < -0.4 is 5.32 Å². The summed E-state index contributed by atoms with van der Waals surface area (Å²) in [6, 6.07) is 2.02. The van der Waals surface area contributed by atoms with E-state index in [0.717, 1.165) is 22.6 Å². The number of thiophene rings is 1. The number of nitrogens with zero attached hydrogens (tertiary/aromatic N) is 2. The molecule has 17 heavy (non-hydrogen) atoms.